The molecule has 0 aromatic heterocycles. The summed E-state index contributed by atoms with van der Waals surface area (Å²) >= 11 is 0. The van der Waals surface area contributed by atoms with Crippen LogP contribution in [-0.4, -0.2) is 21.8 Å². The van der Waals surface area contributed by atoms with Crippen LogP contribution in [0.2, 0.25) is 0 Å². The van der Waals surface area contributed by atoms with Gasteiger partial charge < -0.3 is 5.73 Å². The Morgan fingerprint density at radius 1 is 1.42 bits per heavy atom. The molecule has 0 radical (unpaired) electrons. The fourth-order valence-electron chi connectivity index (χ4n) is 0.993. The lowest BCUT2D eigenvalue weighted by molar-refractivity contribution is 0.472. The summed E-state index contributed by atoms with van der Waals surface area (Å²) in [5.74, 6) is 1.96. The van der Waals surface area contributed by atoms with Crippen LogP contribution in [0.5, 0.6) is 0 Å². The van der Waals surface area contributed by atoms with Crippen LogP contribution < -0.4 is 5.73 Å². The summed E-state index contributed by atoms with van der Waals surface area (Å²) in [6.07, 6.45) is 2.06. The Kier molecular flexibility index (Phi) is 6.67. The molecule has 74 valence electrons. The van der Waals surface area contributed by atoms with Crippen molar-refractivity contribution >= 4 is 10.8 Å². The van der Waals surface area contributed by atoms with Crippen molar-refractivity contribution in [1.82, 2.24) is 0 Å². The van der Waals surface area contributed by atoms with Gasteiger partial charge in [-0.25, -0.2) is 0 Å². The van der Waals surface area contributed by atoms with Gasteiger partial charge in [0.05, 0.1) is 0 Å². The average molecular weight is 191 g/mol. The van der Waals surface area contributed by atoms with Crippen molar-refractivity contribution in [2.75, 3.05) is 11.5 Å². The van der Waals surface area contributed by atoms with Crippen LogP contribution in [0.25, 0.3) is 0 Å². The maximum atomic E-state index is 11.3. The summed E-state index contributed by atoms with van der Waals surface area (Å²) in [5.41, 5.74) is 5.87. The lowest BCUT2D eigenvalue weighted by atomic mass is 10.0. The van der Waals surface area contributed by atoms with Crippen LogP contribution in [0.3, 0.4) is 0 Å². The molecule has 0 fully saturated rings. The predicted molar refractivity (Wildman–Crippen MR) is 55.6 cm³/mol. The number of hydrogen-bond donors (Lipinski definition) is 1. The van der Waals surface area contributed by atoms with Crippen molar-refractivity contribution < 1.29 is 4.21 Å². The SMILES string of the molecule is CCCS(=O)CC(N)C(C)CC. The summed E-state index contributed by atoms with van der Waals surface area (Å²) in [5, 5.41) is 0. The molecule has 0 saturated heterocycles. The van der Waals surface area contributed by atoms with Gasteiger partial charge in [0.2, 0.25) is 0 Å². The summed E-state index contributed by atoms with van der Waals surface area (Å²) < 4.78 is 11.3. The zero-order valence-electron chi connectivity index (χ0n) is 8.38. The normalized spacial score (nSPS) is 18.7. The summed E-state index contributed by atoms with van der Waals surface area (Å²) in [6, 6.07) is 0.113. The second-order valence-electron chi connectivity index (χ2n) is 3.36. The largest absolute Gasteiger partial charge is 0.327 e. The van der Waals surface area contributed by atoms with E-state index in [0.29, 0.717) is 11.7 Å². The highest BCUT2D eigenvalue weighted by atomic mass is 32.2. The predicted octanol–water partition coefficient (Wildman–Crippen LogP) is 1.52. The fourth-order valence-corrected chi connectivity index (χ4v) is 2.37. The van der Waals surface area contributed by atoms with Crippen LogP contribution in [0.15, 0.2) is 0 Å². The lowest BCUT2D eigenvalue weighted by Crippen LogP contribution is -2.34. The topological polar surface area (TPSA) is 43.1 Å². The molecule has 3 heteroatoms. The molecule has 0 spiro atoms. The van der Waals surface area contributed by atoms with Gasteiger partial charge in [-0.2, -0.15) is 0 Å². The number of hydrogen-bond acceptors (Lipinski definition) is 2. The molecular formula is C9H21NOS. The van der Waals surface area contributed by atoms with Crippen molar-refractivity contribution in [1.29, 1.82) is 0 Å². The maximum absolute atomic E-state index is 11.3. The zero-order chi connectivity index (χ0) is 9.56. The summed E-state index contributed by atoms with van der Waals surface area (Å²) in [7, 11) is -0.697. The van der Waals surface area contributed by atoms with E-state index in [9.17, 15) is 4.21 Å². The lowest BCUT2D eigenvalue weighted by Gasteiger charge is -2.17. The van der Waals surface area contributed by atoms with Gasteiger partial charge in [-0.15, -0.1) is 0 Å². The Labute approximate surface area is 78.4 Å². The Balaban J connectivity index is 3.67. The highest BCUT2D eigenvalue weighted by molar-refractivity contribution is 7.85. The average Bonchev–Trinajstić information content (AvgIpc) is 2.03. The second-order valence-corrected chi connectivity index (χ2v) is 4.98. The molecule has 0 saturated carbocycles. The van der Waals surface area contributed by atoms with Gasteiger partial charge in [-0.3, -0.25) is 4.21 Å². The van der Waals surface area contributed by atoms with Crippen molar-refractivity contribution in [2.24, 2.45) is 11.7 Å². The summed E-state index contributed by atoms with van der Waals surface area (Å²) in [4.78, 5) is 0. The second kappa shape index (κ2) is 6.61. The van der Waals surface area contributed by atoms with Gasteiger partial charge in [0.1, 0.15) is 0 Å². The minimum absolute atomic E-state index is 0.113. The molecule has 0 bridgehead atoms. The first-order valence-electron chi connectivity index (χ1n) is 4.72. The highest BCUT2D eigenvalue weighted by Gasteiger charge is 2.13. The van der Waals surface area contributed by atoms with Crippen LogP contribution in [0.4, 0.5) is 0 Å². The Morgan fingerprint density at radius 3 is 2.42 bits per heavy atom. The van der Waals surface area contributed by atoms with E-state index in [0.717, 1.165) is 18.6 Å². The first-order valence-corrected chi connectivity index (χ1v) is 6.21. The smallest absolute Gasteiger partial charge is 0.0389 e. The molecule has 0 aliphatic heterocycles. The molecule has 0 rings (SSSR count). The number of nitrogens with two attached hydrogens (primary N) is 1. The van der Waals surface area contributed by atoms with E-state index in [-0.39, 0.29) is 6.04 Å². The van der Waals surface area contributed by atoms with Crippen molar-refractivity contribution in [3.63, 3.8) is 0 Å². The van der Waals surface area contributed by atoms with Crippen molar-refractivity contribution in [3.8, 4) is 0 Å². The van der Waals surface area contributed by atoms with E-state index in [1.165, 1.54) is 0 Å². The maximum Gasteiger partial charge on any atom is 0.0389 e. The Bertz CT molecular complexity index is 138. The van der Waals surface area contributed by atoms with E-state index in [1.54, 1.807) is 0 Å². The minimum Gasteiger partial charge on any atom is -0.327 e. The van der Waals surface area contributed by atoms with Crippen molar-refractivity contribution in [3.05, 3.63) is 0 Å². The molecule has 0 heterocycles. The third kappa shape index (κ3) is 4.88. The first-order chi connectivity index (χ1) is 5.61. The Hall–Kier alpha value is 0.110. The molecule has 0 aromatic rings. The quantitative estimate of drug-likeness (QED) is 0.691. The van der Waals surface area contributed by atoms with Crippen molar-refractivity contribution in [2.45, 2.75) is 39.7 Å². The summed E-state index contributed by atoms with van der Waals surface area (Å²) in [6.45, 7) is 6.29. The van der Waals surface area contributed by atoms with E-state index in [4.69, 9.17) is 5.73 Å². The highest BCUT2D eigenvalue weighted by Crippen LogP contribution is 2.06. The van der Waals surface area contributed by atoms with Gasteiger partial charge in [0.15, 0.2) is 0 Å². The Morgan fingerprint density at radius 2 is 2.00 bits per heavy atom. The zero-order valence-corrected chi connectivity index (χ0v) is 9.19. The van der Waals surface area contributed by atoms with Gasteiger partial charge in [0.25, 0.3) is 0 Å². The molecule has 0 aliphatic rings. The van der Waals surface area contributed by atoms with Gasteiger partial charge in [-0.05, 0) is 12.3 Å². The van der Waals surface area contributed by atoms with Crippen LogP contribution in [0, 0.1) is 5.92 Å². The van der Waals surface area contributed by atoms with Gasteiger partial charge in [0, 0.05) is 28.3 Å². The molecule has 0 amide bonds. The molecule has 2 nitrogen and oxygen atoms in total. The molecule has 12 heavy (non-hydrogen) atoms. The van der Waals surface area contributed by atoms with Crippen LogP contribution in [-0.2, 0) is 10.8 Å². The minimum atomic E-state index is -0.697. The van der Waals surface area contributed by atoms with Gasteiger partial charge in [-0.1, -0.05) is 27.2 Å². The van der Waals surface area contributed by atoms with E-state index < -0.39 is 10.8 Å². The number of rotatable bonds is 6. The molecular weight excluding hydrogens is 170 g/mol. The molecule has 0 aromatic carbocycles. The molecule has 0 aliphatic carbocycles. The third-order valence-electron chi connectivity index (χ3n) is 2.18. The first kappa shape index (κ1) is 12.1. The van der Waals surface area contributed by atoms with Crippen LogP contribution >= 0.6 is 0 Å². The fraction of sp³-hybridized carbons (Fsp3) is 1.00. The van der Waals surface area contributed by atoms with E-state index in [2.05, 4.69) is 13.8 Å². The van der Waals surface area contributed by atoms with Crippen LogP contribution in [0.1, 0.15) is 33.6 Å². The van der Waals surface area contributed by atoms with E-state index in [1.807, 2.05) is 6.92 Å². The monoisotopic (exact) mass is 191 g/mol. The third-order valence-corrected chi connectivity index (χ3v) is 3.81. The molecule has 3 atom stereocenters. The molecule has 3 unspecified atom stereocenters. The standard InChI is InChI=1S/C9H21NOS/c1-4-6-12(11)7-9(10)8(3)5-2/h8-9H,4-7,10H2,1-3H3. The van der Waals surface area contributed by atoms with Gasteiger partial charge >= 0.3 is 0 Å². The van der Waals surface area contributed by atoms with E-state index >= 15 is 0 Å². The molecule has 2 N–H and O–H groups in total.